The van der Waals surface area contributed by atoms with Crippen molar-refractivity contribution in [1.82, 2.24) is 19.7 Å². The summed E-state index contributed by atoms with van der Waals surface area (Å²) in [6.07, 6.45) is 7.33. The van der Waals surface area contributed by atoms with Crippen LogP contribution in [0.5, 0.6) is 0 Å². The van der Waals surface area contributed by atoms with E-state index in [0.29, 0.717) is 5.92 Å². The lowest BCUT2D eigenvalue weighted by Crippen LogP contribution is -2.03. The maximum atomic E-state index is 9.22. The molecule has 0 spiro atoms. The SMILES string of the molecule is OCn1nc(-c2cnccn2)cc1C1CC1. The molecule has 1 saturated carbocycles. The average Bonchev–Trinajstić information content (AvgIpc) is 3.10. The van der Waals surface area contributed by atoms with Crippen molar-refractivity contribution >= 4 is 0 Å². The predicted octanol–water partition coefficient (Wildman–Crippen LogP) is 1.17. The molecule has 0 radical (unpaired) electrons. The van der Waals surface area contributed by atoms with Crippen LogP contribution < -0.4 is 0 Å². The zero-order valence-electron chi connectivity index (χ0n) is 8.74. The van der Waals surface area contributed by atoms with E-state index < -0.39 is 0 Å². The van der Waals surface area contributed by atoms with E-state index in [4.69, 9.17) is 0 Å². The number of aliphatic hydroxyl groups is 1. The van der Waals surface area contributed by atoms with Gasteiger partial charge < -0.3 is 5.11 Å². The first-order valence-electron chi connectivity index (χ1n) is 5.33. The second-order valence-corrected chi connectivity index (χ2v) is 3.96. The molecule has 0 aliphatic heterocycles. The molecule has 0 bridgehead atoms. The molecule has 0 unspecified atom stereocenters. The summed E-state index contributed by atoms with van der Waals surface area (Å²) in [5.74, 6) is 0.560. The molecule has 1 aliphatic carbocycles. The molecule has 1 fully saturated rings. The Kier molecular flexibility index (Phi) is 2.18. The van der Waals surface area contributed by atoms with Crippen molar-refractivity contribution in [2.45, 2.75) is 25.5 Å². The molecule has 5 heteroatoms. The number of aliphatic hydroxyl groups excluding tert-OH is 1. The van der Waals surface area contributed by atoms with E-state index in [1.807, 2.05) is 6.07 Å². The minimum atomic E-state index is -0.0773. The van der Waals surface area contributed by atoms with Gasteiger partial charge in [-0.05, 0) is 18.9 Å². The lowest BCUT2D eigenvalue weighted by molar-refractivity contribution is 0.191. The van der Waals surface area contributed by atoms with E-state index >= 15 is 0 Å². The zero-order chi connectivity index (χ0) is 11.0. The van der Waals surface area contributed by atoms with Crippen molar-refractivity contribution in [3.63, 3.8) is 0 Å². The molecule has 2 aromatic heterocycles. The number of hydrogen-bond donors (Lipinski definition) is 1. The smallest absolute Gasteiger partial charge is 0.136 e. The lowest BCUT2D eigenvalue weighted by Gasteiger charge is -1.99. The first-order valence-corrected chi connectivity index (χ1v) is 5.33. The quantitative estimate of drug-likeness (QED) is 0.836. The maximum absolute atomic E-state index is 9.22. The Balaban J connectivity index is 2.02. The summed E-state index contributed by atoms with van der Waals surface area (Å²) in [6, 6.07) is 2.00. The Bertz CT molecular complexity index is 490. The first kappa shape index (κ1) is 9.47. The van der Waals surface area contributed by atoms with Crippen molar-refractivity contribution in [3.05, 3.63) is 30.4 Å². The zero-order valence-corrected chi connectivity index (χ0v) is 8.74. The van der Waals surface area contributed by atoms with Crippen LogP contribution in [0, 0.1) is 0 Å². The third kappa shape index (κ3) is 1.59. The summed E-state index contributed by atoms with van der Waals surface area (Å²) in [4.78, 5) is 8.21. The van der Waals surface area contributed by atoms with Crippen molar-refractivity contribution in [2.75, 3.05) is 0 Å². The average molecular weight is 216 g/mol. The Labute approximate surface area is 92.8 Å². The Morgan fingerprint density at radius 1 is 1.31 bits per heavy atom. The second kappa shape index (κ2) is 3.68. The fraction of sp³-hybridized carbons (Fsp3) is 0.364. The Hall–Kier alpha value is -1.75. The maximum Gasteiger partial charge on any atom is 0.136 e. The fourth-order valence-corrected chi connectivity index (χ4v) is 1.81. The van der Waals surface area contributed by atoms with Gasteiger partial charge in [-0.2, -0.15) is 5.10 Å². The highest BCUT2D eigenvalue weighted by Gasteiger charge is 2.28. The molecule has 3 rings (SSSR count). The highest BCUT2D eigenvalue weighted by atomic mass is 16.3. The van der Waals surface area contributed by atoms with Gasteiger partial charge in [-0.15, -0.1) is 0 Å². The fourth-order valence-electron chi connectivity index (χ4n) is 1.81. The van der Waals surface area contributed by atoms with Gasteiger partial charge in [0, 0.05) is 24.0 Å². The van der Waals surface area contributed by atoms with Crippen molar-refractivity contribution in [3.8, 4) is 11.4 Å². The van der Waals surface area contributed by atoms with Crippen LogP contribution in [0.4, 0.5) is 0 Å². The highest BCUT2D eigenvalue weighted by Crippen LogP contribution is 2.40. The summed E-state index contributed by atoms with van der Waals surface area (Å²) in [7, 11) is 0. The van der Waals surface area contributed by atoms with E-state index in [1.165, 1.54) is 12.8 Å². The number of nitrogens with zero attached hydrogens (tertiary/aromatic N) is 4. The predicted molar refractivity (Wildman–Crippen MR) is 57.4 cm³/mol. The van der Waals surface area contributed by atoms with Crippen LogP contribution in [0.3, 0.4) is 0 Å². The van der Waals surface area contributed by atoms with E-state index in [9.17, 15) is 5.11 Å². The van der Waals surface area contributed by atoms with E-state index in [-0.39, 0.29) is 6.73 Å². The van der Waals surface area contributed by atoms with E-state index in [1.54, 1.807) is 23.3 Å². The molecule has 5 nitrogen and oxygen atoms in total. The number of rotatable bonds is 3. The molecule has 2 aromatic rings. The van der Waals surface area contributed by atoms with Gasteiger partial charge in [0.05, 0.1) is 6.20 Å². The minimum Gasteiger partial charge on any atom is -0.374 e. The van der Waals surface area contributed by atoms with Gasteiger partial charge in [0.1, 0.15) is 18.1 Å². The summed E-state index contributed by atoms with van der Waals surface area (Å²) < 4.78 is 1.64. The van der Waals surface area contributed by atoms with Crippen molar-refractivity contribution in [1.29, 1.82) is 0 Å². The van der Waals surface area contributed by atoms with Gasteiger partial charge >= 0.3 is 0 Å². The molecular formula is C11H12N4O. The van der Waals surface area contributed by atoms with Gasteiger partial charge in [-0.3, -0.25) is 9.97 Å². The van der Waals surface area contributed by atoms with E-state index in [0.717, 1.165) is 17.1 Å². The second-order valence-electron chi connectivity index (χ2n) is 3.96. The van der Waals surface area contributed by atoms with Crippen LogP contribution in [-0.2, 0) is 6.73 Å². The Morgan fingerprint density at radius 2 is 2.19 bits per heavy atom. The van der Waals surface area contributed by atoms with Gasteiger partial charge in [-0.25, -0.2) is 4.68 Å². The summed E-state index contributed by atoms with van der Waals surface area (Å²) in [6.45, 7) is -0.0773. The van der Waals surface area contributed by atoms with Crippen LogP contribution in [0.2, 0.25) is 0 Å². The van der Waals surface area contributed by atoms with Gasteiger partial charge in [0.25, 0.3) is 0 Å². The molecule has 0 atom stereocenters. The van der Waals surface area contributed by atoms with Gasteiger partial charge in [0.15, 0.2) is 0 Å². The van der Waals surface area contributed by atoms with Crippen LogP contribution in [0.15, 0.2) is 24.7 Å². The third-order valence-electron chi connectivity index (χ3n) is 2.77. The molecule has 1 aliphatic rings. The highest BCUT2D eigenvalue weighted by molar-refractivity contribution is 5.53. The van der Waals surface area contributed by atoms with Crippen LogP contribution >= 0.6 is 0 Å². The van der Waals surface area contributed by atoms with Gasteiger partial charge in [-0.1, -0.05) is 0 Å². The monoisotopic (exact) mass is 216 g/mol. The van der Waals surface area contributed by atoms with E-state index in [2.05, 4.69) is 15.1 Å². The third-order valence-corrected chi connectivity index (χ3v) is 2.77. The van der Waals surface area contributed by atoms with Crippen LogP contribution in [0.1, 0.15) is 24.5 Å². The van der Waals surface area contributed by atoms with Gasteiger partial charge in [0.2, 0.25) is 0 Å². The molecule has 82 valence electrons. The first-order chi connectivity index (χ1) is 7.88. The summed E-state index contributed by atoms with van der Waals surface area (Å²) >= 11 is 0. The van der Waals surface area contributed by atoms with Crippen LogP contribution in [0.25, 0.3) is 11.4 Å². The lowest BCUT2D eigenvalue weighted by atomic mass is 10.2. The molecule has 2 heterocycles. The van der Waals surface area contributed by atoms with Crippen molar-refractivity contribution in [2.24, 2.45) is 0 Å². The number of aromatic nitrogens is 4. The number of hydrogen-bond acceptors (Lipinski definition) is 4. The molecule has 16 heavy (non-hydrogen) atoms. The topological polar surface area (TPSA) is 63.8 Å². The molecule has 0 aromatic carbocycles. The standard InChI is InChI=1S/C11H12N4O/c16-7-15-11(8-1-2-8)5-9(14-15)10-6-12-3-4-13-10/h3-6,8,16H,1-2,7H2. The van der Waals surface area contributed by atoms with Crippen molar-refractivity contribution < 1.29 is 5.11 Å². The molecule has 0 amide bonds. The summed E-state index contributed by atoms with van der Waals surface area (Å²) in [5.41, 5.74) is 2.63. The largest absolute Gasteiger partial charge is 0.374 e. The molecule has 1 N–H and O–H groups in total. The minimum absolute atomic E-state index is 0.0773. The van der Waals surface area contributed by atoms with Crippen LogP contribution in [-0.4, -0.2) is 24.9 Å². The normalized spacial score (nSPS) is 15.3. The summed E-state index contributed by atoms with van der Waals surface area (Å²) in [5, 5.41) is 13.5. The Morgan fingerprint density at radius 3 is 2.81 bits per heavy atom. The molecule has 0 saturated heterocycles. The molecular weight excluding hydrogens is 204 g/mol.